The highest BCUT2D eigenvalue weighted by Crippen LogP contribution is 2.45. The highest BCUT2D eigenvalue weighted by atomic mass is 16.8. The number of rotatable bonds is 5. The van der Waals surface area contributed by atoms with Crippen molar-refractivity contribution in [1.29, 1.82) is 0 Å². The maximum atomic E-state index is 13.0. The fourth-order valence-corrected chi connectivity index (χ4v) is 4.70. The van der Waals surface area contributed by atoms with Gasteiger partial charge in [0, 0.05) is 0 Å². The third-order valence-electron chi connectivity index (χ3n) is 6.73. The van der Waals surface area contributed by atoms with E-state index in [0.29, 0.717) is 5.57 Å². The van der Waals surface area contributed by atoms with Gasteiger partial charge in [-0.1, -0.05) is 5.57 Å². The van der Waals surface area contributed by atoms with E-state index in [9.17, 15) is 40.5 Å². The van der Waals surface area contributed by atoms with E-state index in [1.165, 1.54) is 19.1 Å². The van der Waals surface area contributed by atoms with Gasteiger partial charge in [-0.2, -0.15) is 0 Å². The average Bonchev–Trinajstić information content (AvgIpc) is 3.06. The molecule has 13 atom stereocenters. The van der Waals surface area contributed by atoms with Crippen LogP contribution in [-0.2, 0) is 28.5 Å². The molecule has 0 bridgehead atoms. The molecule has 0 aromatic heterocycles. The first-order chi connectivity index (χ1) is 16.0. The molecule has 0 amide bonds. The Labute approximate surface area is 194 Å². The summed E-state index contributed by atoms with van der Waals surface area (Å²) in [6.45, 7) is 2.42. The highest BCUT2D eigenvalue weighted by molar-refractivity contribution is 6.03. The van der Waals surface area contributed by atoms with E-state index in [2.05, 4.69) is 0 Å². The first-order valence-corrected chi connectivity index (χ1v) is 10.9. The molecule has 0 radical (unpaired) electrons. The van der Waals surface area contributed by atoms with Crippen molar-refractivity contribution in [3.05, 3.63) is 24.0 Å². The van der Waals surface area contributed by atoms with Gasteiger partial charge in [-0.25, -0.2) is 0 Å². The molecule has 0 unspecified atom stereocenters. The number of ketones is 1. The van der Waals surface area contributed by atoms with E-state index in [1.54, 1.807) is 6.92 Å². The number of carbonyl (C=O) groups is 1. The number of ether oxygens (including phenoxy) is 5. The van der Waals surface area contributed by atoms with E-state index in [-0.39, 0.29) is 0 Å². The lowest BCUT2D eigenvalue weighted by Gasteiger charge is -2.46. The zero-order valence-electron chi connectivity index (χ0n) is 18.4. The fourth-order valence-electron chi connectivity index (χ4n) is 4.70. The van der Waals surface area contributed by atoms with Crippen molar-refractivity contribution in [2.45, 2.75) is 87.2 Å². The monoisotopic (exact) mass is 490 g/mol. The van der Waals surface area contributed by atoms with Crippen LogP contribution in [0.1, 0.15) is 13.8 Å². The number of carbonyl (C=O) groups excluding carboxylic acids is 1. The average molecular weight is 490 g/mol. The summed E-state index contributed by atoms with van der Waals surface area (Å²) < 4.78 is 28.1. The molecule has 3 aliphatic heterocycles. The second-order valence-corrected chi connectivity index (χ2v) is 8.96. The van der Waals surface area contributed by atoms with Crippen molar-refractivity contribution in [2.24, 2.45) is 5.92 Å². The number of aliphatic hydroxyl groups excluding tert-OH is 7. The third kappa shape index (κ3) is 4.10. The van der Waals surface area contributed by atoms with Gasteiger partial charge < -0.3 is 59.4 Å². The molecule has 1 aliphatic carbocycles. The molecule has 0 aromatic rings. The Balaban J connectivity index is 1.58. The van der Waals surface area contributed by atoms with Gasteiger partial charge >= 0.3 is 0 Å². The molecule has 13 heteroatoms. The summed E-state index contributed by atoms with van der Waals surface area (Å²) in [4.78, 5) is 13.0. The normalized spacial score (nSPS) is 51.1. The molecule has 4 aliphatic rings. The SMILES string of the molecule is CC1=CC(=O)[C@@]2(O[C@H]3O[C@@H](C)[C@H](O)[C@@H](O)[C@H]3O)C=CO[C@@H](O[C@@H]3O[C@H](CO)[C@@H](O)[C@H](O)[C@H]3O)[C@@H]12. The van der Waals surface area contributed by atoms with E-state index < -0.39 is 91.6 Å². The number of fused-ring (bicyclic) bond motifs is 1. The van der Waals surface area contributed by atoms with Crippen LogP contribution >= 0.6 is 0 Å². The lowest BCUT2D eigenvalue weighted by molar-refractivity contribution is -0.353. The number of aliphatic hydroxyl groups is 7. The first-order valence-electron chi connectivity index (χ1n) is 10.9. The molecule has 3 heterocycles. The molecule has 2 saturated heterocycles. The smallest absolute Gasteiger partial charge is 0.211 e. The Morgan fingerprint density at radius 2 is 1.56 bits per heavy atom. The van der Waals surface area contributed by atoms with Crippen LogP contribution in [0.3, 0.4) is 0 Å². The van der Waals surface area contributed by atoms with Crippen molar-refractivity contribution < 1.29 is 64.2 Å². The minimum atomic E-state index is -1.78. The van der Waals surface area contributed by atoms with Crippen LogP contribution in [0.2, 0.25) is 0 Å². The van der Waals surface area contributed by atoms with E-state index >= 15 is 0 Å². The molecule has 2 fully saturated rings. The molecule has 0 saturated carbocycles. The van der Waals surface area contributed by atoms with Crippen molar-refractivity contribution in [1.82, 2.24) is 0 Å². The zero-order valence-corrected chi connectivity index (χ0v) is 18.4. The molecule has 0 spiro atoms. The van der Waals surface area contributed by atoms with Gasteiger partial charge in [0.05, 0.1) is 24.9 Å². The summed E-state index contributed by atoms with van der Waals surface area (Å²) in [5.74, 6) is -1.49. The maximum absolute atomic E-state index is 13.0. The number of hydrogen-bond donors (Lipinski definition) is 7. The minimum Gasteiger partial charge on any atom is -0.472 e. The summed E-state index contributed by atoms with van der Waals surface area (Å²) in [5.41, 5.74) is -1.32. The highest BCUT2D eigenvalue weighted by Gasteiger charge is 2.59. The van der Waals surface area contributed by atoms with Gasteiger partial charge in [-0.05, 0) is 26.0 Å². The van der Waals surface area contributed by atoms with Crippen molar-refractivity contribution in [3.8, 4) is 0 Å². The van der Waals surface area contributed by atoms with Crippen LogP contribution < -0.4 is 0 Å². The topological polar surface area (TPSA) is 205 Å². The Morgan fingerprint density at radius 1 is 0.912 bits per heavy atom. The fraction of sp³-hybridized carbons (Fsp3) is 0.762. The summed E-state index contributed by atoms with van der Waals surface area (Å²) in [5, 5.41) is 70.2. The summed E-state index contributed by atoms with van der Waals surface area (Å²) in [6, 6.07) is 0. The predicted molar refractivity (Wildman–Crippen MR) is 107 cm³/mol. The van der Waals surface area contributed by atoms with Crippen LogP contribution in [0.15, 0.2) is 24.0 Å². The van der Waals surface area contributed by atoms with E-state index in [0.717, 1.165) is 6.26 Å². The van der Waals surface area contributed by atoms with Crippen LogP contribution in [0.25, 0.3) is 0 Å². The van der Waals surface area contributed by atoms with Crippen molar-refractivity contribution in [3.63, 3.8) is 0 Å². The Hall–Kier alpha value is -1.49. The van der Waals surface area contributed by atoms with Gasteiger partial charge in [0.15, 0.2) is 24.0 Å². The Morgan fingerprint density at radius 3 is 2.24 bits per heavy atom. The molecule has 0 aromatic carbocycles. The van der Waals surface area contributed by atoms with E-state index in [4.69, 9.17) is 23.7 Å². The summed E-state index contributed by atoms with van der Waals surface area (Å²) in [6.07, 6.45) is -12.3. The van der Waals surface area contributed by atoms with Gasteiger partial charge in [0.2, 0.25) is 6.29 Å². The predicted octanol–water partition coefficient (Wildman–Crippen LogP) is -3.60. The van der Waals surface area contributed by atoms with Crippen LogP contribution in [0.5, 0.6) is 0 Å². The maximum Gasteiger partial charge on any atom is 0.211 e. The number of hydrogen-bond acceptors (Lipinski definition) is 13. The minimum absolute atomic E-state index is 0.461. The van der Waals surface area contributed by atoms with Gasteiger partial charge in [-0.15, -0.1) is 0 Å². The summed E-state index contributed by atoms with van der Waals surface area (Å²) in [7, 11) is 0. The largest absolute Gasteiger partial charge is 0.472 e. The Kier molecular flexibility index (Phi) is 7.17. The van der Waals surface area contributed by atoms with E-state index in [1.807, 2.05) is 0 Å². The lowest BCUT2D eigenvalue weighted by Crippen LogP contribution is -2.63. The summed E-state index contributed by atoms with van der Waals surface area (Å²) >= 11 is 0. The standard InChI is InChI=1S/C21H30O13/c1-7-5-10(23)21(34-20-17(29)14(26)12(24)8(2)31-20)3-4-30-18(11(7)21)33-19-16(28)15(27)13(25)9(6-22)32-19/h3-5,8-9,11-20,22,24-29H,6H2,1-2H3/t8-,9+,11+,12-,13+,14+,15-,16+,17+,18-,19-,20+,21-/m0/s1. The molecule has 13 nitrogen and oxygen atoms in total. The van der Waals surface area contributed by atoms with Gasteiger partial charge in [0.1, 0.15) is 42.7 Å². The van der Waals surface area contributed by atoms with Gasteiger partial charge in [-0.3, -0.25) is 4.79 Å². The molecular weight excluding hydrogens is 460 g/mol. The Bertz CT molecular complexity index is 829. The molecule has 7 N–H and O–H groups in total. The van der Waals surface area contributed by atoms with Crippen LogP contribution in [-0.4, -0.2) is 121 Å². The molecule has 192 valence electrons. The third-order valence-corrected chi connectivity index (χ3v) is 6.73. The van der Waals surface area contributed by atoms with Crippen molar-refractivity contribution in [2.75, 3.05) is 6.61 Å². The van der Waals surface area contributed by atoms with Crippen LogP contribution in [0, 0.1) is 5.92 Å². The first kappa shape index (κ1) is 25.6. The quantitative estimate of drug-likeness (QED) is 0.199. The molecule has 34 heavy (non-hydrogen) atoms. The van der Waals surface area contributed by atoms with Crippen LogP contribution in [0.4, 0.5) is 0 Å². The molecule has 4 rings (SSSR count). The molecular formula is C21H30O13. The lowest BCUT2D eigenvalue weighted by atomic mass is 9.83. The second-order valence-electron chi connectivity index (χ2n) is 8.96. The second kappa shape index (κ2) is 9.52. The van der Waals surface area contributed by atoms with Gasteiger partial charge in [0.25, 0.3) is 0 Å². The zero-order chi connectivity index (χ0) is 24.9. The van der Waals surface area contributed by atoms with Crippen molar-refractivity contribution >= 4 is 5.78 Å².